The maximum atomic E-state index is 10.3. The average molecular weight is 146 g/mol. The van der Waals surface area contributed by atoms with Gasteiger partial charge in [0.15, 0.2) is 0 Å². The first-order valence-corrected chi connectivity index (χ1v) is 3.26. The number of hydrogen-bond acceptors (Lipinski definition) is 3. The van der Waals surface area contributed by atoms with E-state index in [-0.39, 0.29) is 12.6 Å². The van der Waals surface area contributed by atoms with Crippen molar-refractivity contribution < 1.29 is 9.90 Å². The van der Waals surface area contributed by atoms with Gasteiger partial charge in [0.25, 0.3) is 0 Å². The number of aliphatic carboxylic acids is 1. The molecule has 0 unspecified atom stereocenters. The molecule has 0 aromatic rings. The quantitative estimate of drug-likeness (QED) is 0.495. The maximum absolute atomic E-state index is 10.3. The van der Waals surface area contributed by atoms with Crippen LogP contribution in [-0.2, 0) is 4.79 Å². The molecule has 0 aliphatic rings. The molecule has 0 heterocycles. The SMILES string of the molecule is CC(C)N[C@H](CN)C(=O)O. The Morgan fingerprint density at radius 3 is 2.30 bits per heavy atom. The van der Waals surface area contributed by atoms with E-state index >= 15 is 0 Å². The molecule has 0 amide bonds. The summed E-state index contributed by atoms with van der Waals surface area (Å²) in [4.78, 5) is 10.3. The lowest BCUT2D eigenvalue weighted by atomic mass is 10.2. The average Bonchev–Trinajstić information content (AvgIpc) is 1.81. The smallest absolute Gasteiger partial charge is 0.322 e. The molecule has 10 heavy (non-hydrogen) atoms. The number of rotatable bonds is 4. The number of carbonyl (C=O) groups is 1. The van der Waals surface area contributed by atoms with Gasteiger partial charge >= 0.3 is 5.97 Å². The third kappa shape index (κ3) is 3.42. The van der Waals surface area contributed by atoms with Gasteiger partial charge in [-0.25, -0.2) is 0 Å². The predicted octanol–water partition coefficient (Wildman–Crippen LogP) is -0.604. The number of nitrogens with two attached hydrogens (primary N) is 1. The number of nitrogens with one attached hydrogen (secondary N) is 1. The fraction of sp³-hybridized carbons (Fsp3) is 0.833. The van der Waals surface area contributed by atoms with Gasteiger partial charge in [-0.1, -0.05) is 13.8 Å². The molecular weight excluding hydrogens is 132 g/mol. The van der Waals surface area contributed by atoms with E-state index in [9.17, 15) is 4.79 Å². The first-order valence-electron chi connectivity index (χ1n) is 3.26. The molecule has 0 spiro atoms. The molecule has 4 heteroatoms. The van der Waals surface area contributed by atoms with E-state index in [1.54, 1.807) is 0 Å². The van der Waals surface area contributed by atoms with Crippen LogP contribution >= 0.6 is 0 Å². The van der Waals surface area contributed by atoms with Crippen LogP contribution in [0.5, 0.6) is 0 Å². The van der Waals surface area contributed by atoms with Crippen LogP contribution in [0.3, 0.4) is 0 Å². The summed E-state index contributed by atoms with van der Waals surface area (Å²) >= 11 is 0. The lowest BCUT2D eigenvalue weighted by Crippen LogP contribution is -2.45. The van der Waals surface area contributed by atoms with Crippen molar-refractivity contribution in [2.45, 2.75) is 25.9 Å². The molecule has 0 rings (SSSR count). The first kappa shape index (κ1) is 9.39. The van der Waals surface area contributed by atoms with Gasteiger partial charge in [0.05, 0.1) is 0 Å². The Bertz CT molecular complexity index is 114. The fourth-order valence-electron chi connectivity index (χ4n) is 0.643. The lowest BCUT2D eigenvalue weighted by Gasteiger charge is -2.14. The number of hydrogen-bond donors (Lipinski definition) is 3. The van der Waals surface area contributed by atoms with Gasteiger partial charge in [-0.05, 0) is 0 Å². The van der Waals surface area contributed by atoms with Crippen LogP contribution < -0.4 is 11.1 Å². The monoisotopic (exact) mass is 146 g/mol. The van der Waals surface area contributed by atoms with Crippen molar-refractivity contribution in [1.82, 2.24) is 5.32 Å². The standard InChI is InChI=1S/C6H14N2O2/c1-4(2)8-5(3-7)6(9)10/h4-5,8H,3,7H2,1-2H3,(H,9,10)/t5-/m1/s1. The van der Waals surface area contributed by atoms with E-state index in [1.807, 2.05) is 13.8 Å². The molecular formula is C6H14N2O2. The predicted molar refractivity (Wildman–Crippen MR) is 38.7 cm³/mol. The van der Waals surface area contributed by atoms with Crippen LogP contribution in [0.1, 0.15) is 13.8 Å². The minimum Gasteiger partial charge on any atom is -0.480 e. The van der Waals surface area contributed by atoms with E-state index < -0.39 is 12.0 Å². The molecule has 0 aliphatic carbocycles. The van der Waals surface area contributed by atoms with Crippen LogP contribution in [0.4, 0.5) is 0 Å². The van der Waals surface area contributed by atoms with Gasteiger partial charge in [-0.3, -0.25) is 4.79 Å². The topological polar surface area (TPSA) is 75.3 Å². The van der Waals surface area contributed by atoms with Gasteiger partial charge < -0.3 is 16.2 Å². The largest absolute Gasteiger partial charge is 0.480 e. The van der Waals surface area contributed by atoms with Crippen LogP contribution in [0, 0.1) is 0 Å². The summed E-state index contributed by atoms with van der Waals surface area (Å²) < 4.78 is 0. The van der Waals surface area contributed by atoms with Crippen LogP contribution in [0.25, 0.3) is 0 Å². The molecule has 60 valence electrons. The summed E-state index contributed by atoms with van der Waals surface area (Å²) in [6, 6.07) is -0.454. The zero-order chi connectivity index (χ0) is 8.15. The second-order valence-electron chi connectivity index (χ2n) is 2.45. The Kier molecular flexibility index (Phi) is 3.99. The highest BCUT2D eigenvalue weighted by Crippen LogP contribution is 1.84. The summed E-state index contributed by atoms with van der Waals surface area (Å²) in [6.45, 7) is 3.89. The zero-order valence-corrected chi connectivity index (χ0v) is 6.29. The van der Waals surface area contributed by atoms with Crippen molar-refractivity contribution >= 4 is 5.97 Å². The van der Waals surface area contributed by atoms with Crippen molar-refractivity contribution in [1.29, 1.82) is 0 Å². The van der Waals surface area contributed by atoms with E-state index in [2.05, 4.69) is 5.32 Å². The molecule has 0 fully saturated rings. The maximum Gasteiger partial charge on any atom is 0.322 e. The van der Waals surface area contributed by atoms with Crippen molar-refractivity contribution in [2.75, 3.05) is 6.54 Å². The summed E-state index contributed by atoms with van der Waals surface area (Å²) in [7, 11) is 0. The van der Waals surface area contributed by atoms with Gasteiger partial charge in [0.2, 0.25) is 0 Å². The minimum atomic E-state index is -0.892. The molecule has 0 aromatic carbocycles. The molecule has 1 atom stereocenters. The van der Waals surface area contributed by atoms with E-state index in [1.165, 1.54) is 0 Å². The lowest BCUT2D eigenvalue weighted by molar-refractivity contribution is -0.139. The first-order chi connectivity index (χ1) is 4.57. The number of carboxylic acid groups (broad SMARTS) is 1. The van der Waals surface area contributed by atoms with Crippen LogP contribution in [0.15, 0.2) is 0 Å². The van der Waals surface area contributed by atoms with Crippen LogP contribution in [-0.4, -0.2) is 29.7 Å². The van der Waals surface area contributed by atoms with Crippen molar-refractivity contribution in [2.24, 2.45) is 5.73 Å². The molecule has 0 saturated heterocycles. The Morgan fingerprint density at radius 2 is 2.20 bits per heavy atom. The second kappa shape index (κ2) is 4.24. The van der Waals surface area contributed by atoms with Gasteiger partial charge in [0, 0.05) is 12.6 Å². The van der Waals surface area contributed by atoms with E-state index in [0.717, 1.165) is 0 Å². The molecule has 0 saturated carbocycles. The number of carboxylic acids is 1. The summed E-state index contributed by atoms with van der Waals surface area (Å²) in [6.07, 6.45) is 0. The van der Waals surface area contributed by atoms with Crippen molar-refractivity contribution in [3.63, 3.8) is 0 Å². The molecule has 4 nitrogen and oxygen atoms in total. The third-order valence-corrected chi connectivity index (χ3v) is 1.07. The highest BCUT2D eigenvalue weighted by Gasteiger charge is 2.14. The normalized spacial score (nSPS) is 13.6. The molecule has 0 aromatic heterocycles. The van der Waals surface area contributed by atoms with E-state index in [0.29, 0.717) is 0 Å². The van der Waals surface area contributed by atoms with Gasteiger partial charge in [-0.2, -0.15) is 0 Å². The summed E-state index contributed by atoms with van der Waals surface area (Å²) in [5, 5.41) is 11.3. The highest BCUT2D eigenvalue weighted by molar-refractivity contribution is 5.73. The summed E-state index contributed by atoms with van der Waals surface area (Å²) in [5.74, 6) is -0.892. The molecule has 0 aliphatic heterocycles. The minimum absolute atomic E-state index is 0.132. The Morgan fingerprint density at radius 1 is 1.70 bits per heavy atom. The van der Waals surface area contributed by atoms with Crippen molar-refractivity contribution in [3.05, 3.63) is 0 Å². The van der Waals surface area contributed by atoms with Gasteiger partial charge in [-0.15, -0.1) is 0 Å². The van der Waals surface area contributed by atoms with Crippen molar-refractivity contribution in [3.8, 4) is 0 Å². The van der Waals surface area contributed by atoms with E-state index in [4.69, 9.17) is 10.8 Å². The summed E-state index contributed by atoms with van der Waals surface area (Å²) in [5.41, 5.74) is 5.18. The zero-order valence-electron chi connectivity index (χ0n) is 6.29. The fourth-order valence-corrected chi connectivity index (χ4v) is 0.643. The molecule has 0 radical (unpaired) electrons. The third-order valence-electron chi connectivity index (χ3n) is 1.07. The molecule has 0 bridgehead atoms. The Balaban J connectivity index is 3.72. The second-order valence-corrected chi connectivity index (χ2v) is 2.45. The molecule has 4 N–H and O–H groups in total. The highest BCUT2D eigenvalue weighted by atomic mass is 16.4. The van der Waals surface area contributed by atoms with Gasteiger partial charge in [0.1, 0.15) is 6.04 Å². The van der Waals surface area contributed by atoms with Crippen LogP contribution in [0.2, 0.25) is 0 Å². The Hall–Kier alpha value is -0.610. The Labute approximate surface area is 60.4 Å².